The van der Waals surface area contributed by atoms with E-state index in [1.165, 1.54) is 23.8 Å². The molecule has 0 saturated heterocycles. The van der Waals surface area contributed by atoms with Gasteiger partial charge in [-0.1, -0.05) is 11.6 Å². The Hall–Kier alpha value is -3.69. The van der Waals surface area contributed by atoms with E-state index in [4.69, 9.17) is 21.1 Å². The van der Waals surface area contributed by atoms with E-state index in [2.05, 4.69) is 27.3 Å². The van der Waals surface area contributed by atoms with Crippen LogP contribution < -0.4 is 15.4 Å². The Morgan fingerprint density at radius 2 is 1.95 bits per heavy atom. The van der Waals surface area contributed by atoms with Crippen LogP contribution in [0.4, 0.5) is 9.18 Å². The molecular weight excluding hydrogens is 587 g/mol. The highest BCUT2D eigenvalue weighted by Crippen LogP contribution is 2.49. The minimum Gasteiger partial charge on any atom is -0.464 e. The molecule has 2 unspecified atom stereocenters. The van der Waals surface area contributed by atoms with Crippen molar-refractivity contribution in [2.45, 2.75) is 64.4 Å². The van der Waals surface area contributed by atoms with Gasteiger partial charge in [0.05, 0.1) is 33.9 Å². The first-order valence-corrected chi connectivity index (χ1v) is 15.9. The molecule has 10 heteroatoms. The molecule has 1 aliphatic carbocycles. The highest BCUT2D eigenvalue weighted by Gasteiger charge is 2.35. The van der Waals surface area contributed by atoms with Gasteiger partial charge in [-0.2, -0.15) is 0 Å². The first-order valence-electron chi connectivity index (χ1n) is 14.7. The Kier molecular flexibility index (Phi) is 6.85. The molecule has 3 aliphatic rings. The Labute approximate surface area is 259 Å². The van der Waals surface area contributed by atoms with Gasteiger partial charge in [-0.25, -0.2) is 9.18 Å². The number of fused-ring (bicyclic) bond motifs is 5. The number of ether oxygens (including phenoxy) is 2. The second kappa shape index (κ2) is 10.5. The molecule has 0 spiro atoms. The summed E-state index contributed by atoms with van der Waals surface area (Å²) < 4.78 is 30.4. The fourth-order valence-corrected chi connectivity index (χ4v) is 7.16. The summed E-state index contributed by atoms with van der Waals surface area (Å²) in [5.41, 5.74) is 2.92. The zero-order valence-electron chi connectivity index (χ0n) is 24.5. The van der Waals surface area contributed by atoms with Gasteiger partial charge in [-0.05, 0) is 95.0 Å². The SMILES string of the molecule is CCN(CC1NC=C(c2cc(F)c3c(c2)OC(c2ccc(C4CC4)s2)n2c-3cc3cc(Cl)ccc32)N1)C(=O)OC(C)(C)C. The van der Waals surface area contributed by atoms with Gasteiger partial charge < -0.3 is 25.0 Å². The summed E-state index contributed by atoms with van der Waals surface area (Å²) in [4.78, 5) is 16.7. The van der Waals surface area contributed by atoms with E-state index >= 15 is 4.39 Å². The molecular formula is C33H34ClFN4O3S. The van der Waals surface area contributed by atoms with Crippen LogP contribution in [0.2, 0.25) is 5.02 Å². The van der Waals surface area contributed by atoms with E-state index < -0.39 is 11.8 Å². The van der Waals surface area contributed by atoms with Gasteiger partial charge in [0.15, 0.2) is 0 Å². The third kappa shape index (κ3) is 5.33. The molecule has 2 atom stereocenters. The Balaban J connectivity index is 1.20. The lowest BCUT2D eigenvalue weighted by atomic mass is 10.0. The number of halogens is 2. The van der Waals surface area contributed by atoms with Crippen molar-refractivity contribution >= 4 is 45.6 Å². The Morgan fingerprint density at radius 3 is 2.70 bits per heavy atom. The first kappa shape index (κ1) is 28.1. The van der Waals surface area contributed by atoms with Crippen molar-refractivity contribution in [3.63, 3.8) is 0 Å². The highest BCUT2D eigenvalue weighted by atomic mass is 35.5. The van der Waals surface area contributed by atoms with Crippen LogP contribution in [0.15, 0.2) is 54.7 Å². The fraction of sp³-hybridized carbons (Fsp3) is 0.364. The molecule has 224 valence electrons. The van der Waals surface area contributed by atoms with Gasteiger partial charge in [0, 0.05) is 33.6 Å². The van der Waals surface area contributed by atoms with Gasteiger partial charge in [-0.3, -0.25) is 4.57 Å². The molecule has 2 aromatic carbocycles. The highest BCUT2D eigenvalue weighted by molar-refractivity contribution is 7.12. The standard InChI is InChI=1S/C33H34ClFN4O3S/c1-5-38(32(40)42-33(2,3)4)17-29-36-16-23(37-29)19-13-22(35)30-25-14-20-12-21(34)8-9-24(20)39(25)31(41-26(30)15-19)28-11-10-27(43-28)18-6-7-18/h8-16,18,29,31,36-37H,5-7,17H2,1-4H3. The molecule has 4 aromatic rings. The van der Waals surface area contributed by atoms with E-state index in [9.17, 15) is 4.79 Å². The number of carbonyl (C=O) groups is 1. The molecule has 2 N–H and O–H groups in total. The normalized spacial score (nSPS) is 19.2. The van der Waals surface area contributed by atoms with Gasteiger partial charge in [0.1, 0.15) is 23.3 Å². The number of likely N-dealkylation sites (N-methyl/N-ethyl adjacent to an activating group) is 1. The summed E-state index contributed by atoms with van der Waals surface area (Å²) in [6.45, 7) is 8.33. The number of amides is 1. The van der Waals surface area contributed by atoms with Crippen molar-refractivity contribution in [2.75, 3.05) is 13.1 Å². The monoisotopic (exact) mass is 620 g/mol. The van der Waals surface area contributed by atoms with Crippen LogP contribution in [0.1, 0.15) is 68.0 Å². The number of nitrogens with zero attached hydrogens (tertiary/aromatic N) is 2. The zero-order valence-corrected chi connectivity index (χ0v) is 26.1. The molecule has 2 aromatic heterocycles. The van der Waals surface area contributed by atoms with Crippen molar-refractivity contribution in [1.82, 2.24) is 20.1 Å². The number of nitrogens with one attached hydrogen (secondary N) is 2. The molecule has 7 nitrogen and oxygen atoms in total. The van der Waals surface area contributed by atoms with Crippen LogP contribution in [0.25, 0.3) is 27.9 Å². The van der Waals surface area contributed by atoms with Crippen molar-refractivity contribution in [2.24, 2.45) is 0 Å². The molecule has 0 radical (unpaired) electrons. The maximum absolute atomic E-state index is 16.1. The third-order valence-corrected chi connectivity index (χ3v) is 9.47. The quantitative estimate of drug-likeness (QED) is 0.228. The van der Waals surface area contributed by atoms with Crippen molar-refractivity contribution in [3.8, 4) is 17.0 Å². The summed E-state index contributed by atoms with van der Waals surface area (Å²) in [6.07, 6.45) is 3.20. The summed E-state index contributed by atoms with van der Waals surface area (Å²) in [6, 6.07) is 15.5. The molecule has 1 amide bonds. The van der Waals surface area contributed by atoms with E-state index in [-0.39, 0.29) is 18.1 Å². The molecule has 4 heterocycles. The largest absolute Gasteiger partial charge is 0.464 e. The fourth-order valence-electron chi connectivity index (χ4n) is 5.78. The lowest BCUT2D eigenvalue weighted by molar-refractivity contribution is 0.0243. The second-order valence-electron chi connectivity index (χ2n) is 12.4. The number of hydrogen-bond donors (Lipinski definition) is 2. The van der Waals surface area contributed by atoms with Crippen molar-refractivity contribution in [1.29, 1.82) is 0 Å². The maximum Gasteiger partial charge on any atom is 0.410 e. The smallest absolute Gasteiger partial charge is 0.410 e. The summed E-state index contributed by atoms with van der Waals surface area (Å²) in [5.74, 6) is 0.747. The predicted octanol–water partition coefficient (Wildman–Crippen LogP) is 8.05. The van der Waals surface area contributed by atoms with E-state index in [1.807, 2.05) is 64.2 Å². The van der Waals surface area contributed by atoms with Crippen LogP contribution >= 0.6 is 22.9 Å². The minimum atomic E-state index is -0.580. The van der Waals surface area contributed by atoms with Gasteiger partial charge in [0.25, 0.3) is 0 Å². The molecule has 43 heavy (non-hydrogen) atoms. The average Bonchev–Trinajstić information content (AvgIpc) is 3.33. The number of hydrogen-bond acceptors (Lipinski definition) is 6. The number of thiophene rings is 1. The molecule has 2 aliphatic heterocycles. The van der Waals surface area contributed by atoms with E-state index in [0.717, 1.165) is 27.2 Å². The van der Waals surface area contributed by atoms with Crippen molar-refractivity contribution in [3.05, 3.63) is 80.9 Å². The van der Waals surface area contributed by atoms with Gasteiger partial charge in [-0.15, -0.1) is 11.3 Å². The summed E-state index contributed by atoms with van der Waals surface area (Å²) in [5, 5.41) is 8.24. The van der Waals surface area contributed by atoms with Crippen LogP contribution in [-0.2, 0) is 4.74 Å². The van der Waals surface area contributed by atoms with E-state index in [0.29, 0.717) is 40.9 Å². The predicted molar refractivity (Wildman–Crippen MR) is 169 cm³/mol. The van der Waals surface area contributed by atoms with Crippen LogP contribution in [0, 0.1) is 5.82 Å². The van der Waals surface area contributed by atoms with Gasteiger partial charge >= 0.3 is 6.09 Å². The minimum absolute atomic E-state index is 0.255. The number of aromatic nitrogens is 1. The van der Waals surface area contributed by atoms with Crippen LogP contribution in [0.5, 0.6) is 5.75 Å². The molecule has 1 saturated carbocycles. The van der Waals surface area contributed by atoms with Gasteiger partial charge in [0.2, 0.25) is 6.23 Å². The lowest BCUT2D eigenvalue weighted by Crippen LogP contribution is -2.47. The molecule has 7 rings (SSSR count). The molecule has 0 bridgehead atoms. The Bertz CT molecular complexity index is 1770. The topological polar surface area (TPSA) is 67.8 Å². The van der Waals surface area contributed by atoms with Crippen molar-refractivity contribution < 1.29 is 18.7 Å². The summed E-state index contributed by atoms with van der Waals surface area (Å²) in [7, 11) is 0. The Morgan fingerprint density at radius 1 is 1.16 bits per heavy atom. The third-order valence-electron chi connectivity index (χ3n) is 7.96. The summed E-state index contributed by atoms with van der Waals surface area (Å²) >= 11 is 8.11. The second-order valence-corrected chi connectivity index (χ2v) is 13.9. The zero-order chi connectivity index (χ0) is 30.0. The number of rotatable bonds is 6. The number of carbonyl (C=O) groups excluding carboxylic acids is 1. The average molecular weight is 621 g/mol. The lowest BCUT2D eigenvalue weighted by Gasteiger charge is -2.30. The van der Waals surface area contributed by atoms with Crippen LogP contribution in [0.3, 0.4) is 0 Å². The number of benzene rings is 2. The maximum atomic E-state index is 16.1. The molecule has 1 fully saturated rings. The van der Waals surface area contributed by atoms with Crippen LogP contribution in [-0.4, -0.2) is 40.4 Å². The van der Waals surface area contributed by atoms with E-state index in [1.54, 1.807) is 16.2 Å². The first-order chi connectivity index (χ1) is 20.6.